The van der Waals surface area contributed by atoms with Gasteiger partial charge < -0.3 is 0 Å². The van der Waals surface area contributed by atoms with Crippen LogP contribution in [0.2, 0.25) is 0 Å². The van der Waals surface area contributed by atoms with Crippen LogP contribution in [0.25, 0.3) is 11.3 Å². The van der Waals surface area contributed by atoms with Crippen LogP contribution in [0.3, 0.4) is 0 Å². The van der Waals surface area contributed by atoms with Gasteiger partial charge in [0.2, 0.25) is 0 Å². The van der Waals surface area contributed by atoms with Crippen LogP contribution in [0.1, 0.15) is 62.3 Å². The summed E-state index contributed by atoms with van der Waals surface area (Å²) in [4.78, 5) is 17.9. The van der Waals surface area contributed by atoms with E-state index in [0.29, 0.717) is 30.9 Å². The zero-order valence-corrected chi connectivity index (χ0v) is 27.4. The summed E-state index contributed by atoms with van der Waals surface area (Å²) in [6, 6.07) is 28.5. The maximum absolute atomic E-state index is 13.1. The number of aryl methyl sites for hydroxylation is 3. The molecule has 234 valence electrons. The van der Waals surface area contributed by atoms with Gasteiger partial charge in [0.1, 0.15) is 5.82 Å². The van der Waals surface area contributed by atoms with Gasteiger partial charge in [-0.05, 0) is 73.1 Å². The monoisotopic (exact) mass is 623 g/mol. The Labute approximate surface area is 265 Å². The Balaban J connectivity index is 1.20. The molecular weight excluding hydrogens is 582 g/mol. The van der Waals surface area contributed by atoms with Gasteiger partial charge >= 0.3 is 5.69 Å². The molecule has 0 aliphatic carbocycles. The Kier molecular flexibility index (Phi) is 9.39. The van der Waals surface area contributed by atoms with Crippen molar-refractivity contribution in [2.45, 2.75) is 77.3 Å². The molecule has 0 radical (unpaired) electrons. The van der Waals surface area contributed by atoms with Crippen molar-refractivity contribution in [1.29, 1.82) is 0 Å². The van der Waals surface area contributed by atoms with E-state index in [0.717, 1.165) is 35.5 Å². The van der Waals surface area contributed by atoms with Crippen LogP contribution in [0.5, 0.6) is 0 Å². The van der Waals surface area contributed by atoms with Gasteiger partial charge in [-0.2, -0.15) is 5.10 Å². The number of nitrogens with zero attached hydrogens (tertiary/aromatic N) is 4. The van der Waals surface area contributed by atoms with Gasteiger partial charge in [0.15, 0.2) is 0 Å². The van der Waals surface area contributed by atoms with Crippen LogP contribution in [-0.4, -0.2) is 27.7 Å². The normalized spacial score (nSPS) is 11.9. The summed E-state index contributed by atoms with van der Waals surface area (Å²) < 4.78 is 31.4. The van der Waals surface area contributed by atoms with Crippen LogP contribution in [-0.2, 0) is 41.4 Å². The number of rotatable bonds is 11. The molecule has 45 heavy (non-hydrogen) atoms. The maximum atomic E-state index is 13.1. The molecule has 0 spiro atoms. The first-order valence-corrected chi connectivity index (χ1v) is 16.8. The van der Waals surface area contributed by atoms with Crippen molar-refractivity contribution in [2.75, 3.05) is 4.72 Å². The largest absolute Gasteiger partial charge is 0.346 e. The number of hydrogen-bond acceptors (Lipinski definition) is 5. The minimum absolute atomic E-state index is 0.0709. The van der Waals surface area contributed by atoms with E-state index in [9.17, 15) is 13.2 Å². The smallest absolute Gasteiger partial charge is 0.279 e. The molecule has 0 fully saturated rings. The molecule has 5 rings (SSSR count). The molecule has 8 nitrogen and oxygen atoms in total. The molecule has 3 aromatic carbocycles. The molecule has 5 aromatic rings. The Morgan fingerprint density at radius 1 is 0.822 bits per heavy atom. The lowest BCUT2D eigenvalue weighted by atomic mass is 9.87. The van der Waals surface area contributed by atoms with Gasteiger partial charge in [0, 0.05) is 18.5 Å². The summed E-state index contributed by atoms with van der Waals surface area (Å²) in [6.45, 7) is 11.4. The molecule has 2 aromatic heterocycles. The Bertz CT molecular complexity index is 1920. The third kappa shape index (κ3) is 7.60. The van der Waals surface area contributed by atoms with Crippen molar-refractivity contribution < 1.29 is 8.42 Å². The first-order valence-electron chi connectivity index (χ1n) is 15.4. The highest BCUT2D eigenvalue weighted by atomic mass is 32.2. The standard InChI is InChI=1S/C36H41N5O3S/c1-6-40-34(38-41(35(40)42)25-28-17-21-30(22-18-28)36(3,4)5)14-10-11-27-15-19-29(20-16-27)33-24-23-32(26(2)37-33)39-45(43,44)31-12-8-7-9-13-31/h7-9,12-13,15-24,39H,6,10-11,14,25H2,1-5H3. The molecular formula is C36H41N5O3S. The average molecular weight is 624 g/mol. The first kappa shape index (κ1) is 31.9. The van der Waals surface area contributed by atoms with Crippen molar-refractivity contribution in [2.24, 2.45) is 0 Å². The molecule has 0 saturated carbocycles. The molecule has 9 heteroatoms. The summed E-state index contributed by atoms with van der Waals surface area (Å²) in [7, 11) is -3.69. The first-order chi connectivity index (χ1) is 21.4. The predicted molar refractivity (Wildman–Crippen MR) is 180 cm³/mol. The number of hydrogen-bond donors (Lipinski definition) is 1. The van der Waals surface area contributed by atoms with E-state index in [1.807, 2.05) is 25.1 Å². The number of benzene rings is 3. The maximum Gasteiger partial charge on any atom is 0.346 e. The highest BCUT2D eigenvalue weighted by Crippen LogP contribution is 2.25. The highest BCUT2D eigenvalue weighted by Gasteiger charge is 2.17. The second-order valence-electron chi connectivity index (χ2n) is 12.3. The van der Waals surface area contributed by atoms with E-state index in [1.54, 1.807) is 52.6 Å². The Hall–Kier alpha value is -4.50. The zero-order valence-electron chi connectivity index (χ0n) is 26.6. The number of nitrogens with one attached hydrogen (secondary N) is 1. The number of anilines is 1. The van der Waals surface area contributed by atoms with Gasteiger partial charge in [-0.1, -0.05) is 87.5 Å². The van der Waals surface area contributed by atoms with Crippen LogP contribution < -0.4 is 10.4 Å². The Morgan fingerprint density at radius 3 is 2.11 bits per heavy atom. The topological polar surface area (TPSA) is 98.9 Å². The predicted octanol–water partition coefficient (Wildman–Crippen LogP) is 6.76. The summed E-state index contributed by atoms with van der Waals surface area (Å²) in [5, 5.41) is 4.70. The second kappa shape index (κ2) is 13.2. The summed E-state index contributed by atoms with van der Waals surface area (Å²) in [5.74, 6) is 0.813. The SMILES string of the molecule is CCn1c(CCCc2ccc(-c3ccc(NS(=O)(=O)c4ccccc4)c(C)n3)cc2)nn(Cc2ccc(C(C)(C)C)cc2)c1=O. The minimum atomic E-state index is -3.69. The highest BCUT2D eigenvalue weighted by molar-refractivity contribution is 7.92. The average Bonchev–Trinajstić information content (AvgIpc) is 3.32. The van der Waals surface area contributed by atoms with Gasteiger partial charge in [0.25, 0.3) is 10.0 Å². The molecule has 0 bridgehead atoms. The van der Waals surface area contributed by atoms with E-state index in [4.69, 9.17) is 5.10 Å². The van der Waals surface area contributed by atoms with E-state index in [2.05, 4.69) is 66.9 Å². The molecule has 1 N–H and O–H groups in total. The van der Waals surface area contributed by atoms with Crippen LogP contribution >= 0.6 is 0 Å². The quantitative estimate of drug-likeness (QED) is 0.175. The third-order valence-electron chi connectivity index (χ3n) is 7.97. The summed E-state index contributed by atoms with van der Waals surface area (Å²) in [5.41, 5.74) is 6.29. The van der Waals surface area contributed by atoms with E-state index in [1.165, 1.54) is 11.1 Å². The molecule has 0 saturated heterocycles. The van der Waals surface area contributed by atoms with Crippen LogP contribution in [0.15, 0.2) is 101 Å². The van der Waals surface area contributed by atoms with Crippen LogP contribution in [0.4, 0.5) is 5.69 Å². The van der Waals surface area contributed by atoms with Gasteiger partial charge in [-0.25, -0.2) is 17.9 Å². The fraction of sp³-hybridized carbons (Fsp3) is 0.306. The fourth-order valence-electron chi connectivity index (χ4n) is 5.30. The number of pyridine rings is 1. The van der Waals surface area contributed by atoms with Crippen LogP contribution in [0, 0.1) is 6.92 Å². The summed E-state index contributed by atoms with van der Waals surface area (Å²) in [6.07, 6.45) is 2.43. The molecule has 0 aliphatic rings. The van der Waals surface area contributed by atoms with Crippen molar-refractivity contribution in [3.63, 3.8) is 0 Å². The summed E-state index contributed by atoms with van der Waals surface area (Å²) >= 11 is 0. The zero-order chi connectivity index (χ0) is 32.2. The molecule has 0 amide bonds. The lowest BCUT2D eigenvalue weighted by Crippen LogP contribution is -2.25. The minimum Gasteiger partial charge on any atom is -0.279 e. The molecule has 0 unspecified atom stereocenters. The molecule has 0 aliphatic heterocycles. The van der Waals surface area contributed by atoms with Crippen molar-refractivity contribution in [1.82, 2.24) is 19.3 Å². The van der Waals surface area contributed by atoms with Gasteiger partial charge in [-0.15, -0.1) is 0 Å². The second-order valence-corrected chi connectivity index (χ2v) is 14.0. The Morgan fingerprint density at radius 2 is 1.49 bits per heavy atom. The van der Waals surface area contributed by atoms with Gasteiger partial charge in [0.05, 0.1) is 28.5 Å². The van der Waals surface area contributed by atoms with Gasteiger partial charge in [-0.3, -0.25) is 14.3 Å². The van der Waals surface area contributed by atoms with Crippen molar-refractivity contribution >= 4 is 15.7 Å². The van der Waals surface area contributed by atoms with E-state index >= 15 is 0 Å². The van der Waals surface area contributed by atoms with Crippen molar-refractivity contribution in [3.8, 4) is 11.3 Å². The number of sulfonamides is 1. The lowest BCUT2D eigenvalue weighted by Gasteiger charge is -2.19. The van der Waals surface area contributed by atoms with Crippen molar-refractivity contribution in [3.05, 3.63) is 130 Å². The third-order valence-corrected chi connectivity index (χ3v) is 9.35. The number of aromatic nitrogens is 4. The molecule has 0 atom stereocenters. The van der Waals surface area contributed by atoms with E-state index in [-0.39, 0.29) is 16.0 Å². The van der Waals surface area contributed by atoms with E-state index < -0.39 is 10.0 Å². The molecule has 2 heterocycles. The fourth-order valence-corrected chi connectivity index (χ4v) is 6.44. The lowest BCUT2D eigenvalue weighted by molar-refractivity contribution is 0.588.